The molecule has 1 heterocycles. The summed E-state index contributed by atoms with van der Waals surface area (Å²) in [5.41, 5.74) is 6.59. The molecule has 1 aliphatic heterocycles. The third kappa shape index (κ3) is 4.38. The van der Waals surface area contributed by atoms with E-state index >= 15 is 0 Å². The fourth-order valence-corrected chi connectivity index (χ4v) is 3.38. The third-order valence-corrected chi connectivity index (χ3v) is 4.97. The fraction of sp³-hybridized carbons (Fsp3) is 0.429. The molecular weight excluding hydrogens is 354 g/mol. The molecule has 2 rings (SSSR count). The maximum atomic E-state index is 12.2. The summed E-state index contributed by atoms with van der Waals surface area (Å²) in [6.45, 7) is 4.01. The molecule has 0 bridgehead atoms. The van der Waals surface area contributed by atoms with Crippen LogP contribution in [0, 0.1) is 0 Å². The summed E-state index contributed by atoms with van der Waals surface area (Å²) in [5, 5.41) is 0. The number of nitrogens with two attached hydrogens (primary N) is 1. The summed E-state index contributed by atoms with van der Waals surface area (Å²) in [6, 6.07) is 5.65. The maximum absolute atomic E-state index is 12.2. The van der Waals surface area contributed by atoms with Gasteiger partial charge in [0.15, 0.2) is 0 Å². The first kappa shape index (κ1) is 16.2. The van der Waals surface area contributed by atoms with Gasteiger partial charge in [0.1, 0.15) is 0 Å². The van der Waals surface area contributed by atoms with E-state index in [1.165, 1.54) is 11.8 Å². The van der Waals surface area contributed by atoms with Crippen LogP contribution in [0.2, 0.25) is 0 Å². The summed E-state index contributed by atoms with van der Waals surface area (Å²) in [7, 11) is 0. The molecule has 0 aromatic heterocycles. The number of rotatable bonds is 3. The van der Waals surface area contributed by atoms with Gasteiger partial charge in [0, 0.05) is 48.2 Å². The summed E-state index contributed by atoms with van der Waals surface area (Å²) in [5.74, 6) is 0.524. The van der Waals surface area contributed by atoms with E-state index in [0.717, 1.165) is 9.37 Å². The molecule has 21 heavy (non-hydrogen) atoms. The van der Waals surface area contributed by atoms with Gasteiger partial charge in [-0.05, 0) is 18.2 Å². The molecule has 2 N–H and O–H groups in total. The molecule has 114 valence electrons. The minimum absolute atomic E-state index is 0.0686. The first-order valence-corrected chi connectivity index (χ1v) is 8.46. The zero-order chi connectivity index (χ0) is 15.4. The molecule has 7 heteroatoms. The second kappa shape index (κ2) is 7.17. The first-order valence-electron chi connectivity index (χ1n) is 6.68. The van der Waals surface area contributed by atoms with Gasteiger partial charge in [0.2, 0.25) is 11.8 Å². The number of halogens is 1. The zero-order valence-corrected chi connectivity index (χ0v) is 14.2. The van der Waals surface area contributed by atoms with Crippen LogP contribution in [0.1, 0.15) is 6.92 Å². The van der Waals surface area contributed by atoms with Crippen molar-refractivity contribution in [2.24, 2.45) is 0 Å². The quantitative estimate of drug-likeness (QED) is 0.649. The molecule has 5 nitrogen and oxygen atoms in total. The summed E-state index contributed by atoms with van der Waals surface area (Å²) >= 11 is 4.81. The lowest BCUT2D eigenvalue weighted by atomic mass is 10.3. The van der Waals surface area contributed by atoms with E-state index in [-0.39, 0.29) is 11.8 Å². The largest absolute Gasteiger partial charge is 0.398 e. The lowest BCUT2D eigenvalue weighted by molar-refractivity contribution is -0.136. The molecule has 1 aromatic rings. The van der Waals surface area contributed by atoms with Gasteiger partial charge in [-0.3, -0.25) is 9.59 Å². The van der Waals surface area contributed by atoms with E-state index in [4.69, 9.17) is 5.73 Å². The molecule has 0 saturated carbocycles. The van der Waals surface area contributed by atoms with Crippen molar-refractivity contribution >= 4 is 45.2 Å². The van der Waals surface area contributed by atoms with E-state index in [1.807, 2.05) is 23.1 Å². The van der Waals surface area contributed by atoms with Crippen molar-refractivity contribution in [2.75, 3.05) is 37.7 Å². The Hall–Kier alpha value is -1.21. The number of carbonyl (C=O) groups is 2. The normalized spacial score (nSPS) is 15.1. The van der Waals surface area contributed by atoms with Gasteiger partial charge in [0.05, 0.1) is 5.75 Å². The number of benzene rings is 1. The lowest BCUT2D eigenvalue weighted by Crippen LogP contribution is -2.50. The molecular formula is C14H18BrN3O2S. The van der Waals surface area contributed by atoms with Crippen LogP contribution in [-0.4, -0.2) is 53.5 Å². The van der Waals surface area contributed by atoms with E-state index in [9.17, 15) is 9.59 Å². The van der Waals surface area contributed by atoms with Gasteiger partial charge >= 0.3 is 0 Å². The Kier molecular flexibility index (Phi) is 5.52. The Bertz CT molecular complexity index is 545. The average Bonchev–Trinajstić information content (AvgIpc) is 2.46. The molecule has 1 aromatic carbocycles. The smallest absolute Gasteiger partial charge is 0.233 e. The monoisotopic (exact) mass is 371 g/mol. The van der Waals surface area contributed by atoms with Gasteiger partial charge in [-0.15, -0.1) is 11.8 Å². The van der Waals surface area contributed by atoms with E-state index in [2.05, 4.69) is 15.9 Å². The lowest BCUT2D eigenvalue weighted by Gasteiger charge is -2.34. The Morgan fingerprint density at radius 1 is 1.24 bits per heavy atom. The van der Waals surface area contributed by atoms with Crippen LogP contribution in [0.25, 0.3) is 0 Å². The van der Waals surface area contributed by atoms with Gasteiger partial charge in [-0.1, -0.05) is 15.9 Å². The highest BCUT2D eigenvalue weighted by Gasteiger charge is 2.22. The number of nitrogens with zero attached hydrogens (tertiary/aromatic N) is 2. The Morgan fingerprint density at radius 3 is 2.43 bits per heavy atom. The van der Waals surface area contributed by atoms with Gasteiger partial charge in [-0.2, -0.15) is 0 Å². The van der Waals surface area contributed by atoms with Crippen molar-refractivity contribution in [1.29, 1.82) is 0 Å². The molecule has 0 radical (unpaired) electrons. The second-order valence-corrected chi connectivity index (χ2v) is 6.79. The molecule has 0 unspecified atom stereocenters. The van der Waals surface area contributed by atoms with Crippen LogP contribution in [0.15, 0.2) is 27.6 Å². The van der Waals surface area contributed by atoms with Crippen molar-refractivity contribution in [2.45, 2.75) is 11.8 Å². The van der Waals surface area contributed by atoms with Gasteiger partial charge in [0.25, 0.3) is 0 Å². The highest BCUT2D eigenvalue weighted by atomic mass is 79.9. The topological polar surface area (TPSA) is 66.6 Å². The SMILES string of the molecule is CC(=O)N1CCN(C(=O)CSc2ccc(Br)cc2N)CC1. The van der Waals surface area contributed by atoms with Crippen molar-refractivity contribution in [3.8, 4) is 0 Å². The molecule has 0 spiro atoms. The van der Waals surface area contributed by atoms with Crippen molar-refractivity contribution < 1.29 is 9.59 Å². The molecule has 0 atom stereocenters. The van der Waals surface area contributed by atoms with E-state index in [1.54, 1.807) is 11.8 Å². The summed E-state index contributed by atoms with van der Waals surface area (Å²) < 4.78 is 0.927. The number of anilines is 1. The van der Waals surface area contributed by atoms with Gasteiger partial charge < -0.3 is 15.5 Å². The van der Waals surface area contributed by atoms with Crippen LogP contribution >= 0.6 is 27.7 Å². The number of amides is 2. The third-order valence-electron chi connectivity index (χ3n) is 3.40. The summed E-state index contributed by atoms with van der Waals surface area (Å²) in [6.07, 6.45) is 0. The van der Waals surface area contributed by atoms with Crippen LogP contribution in [0.3, 0.4) is 0 Å². The number of carbonyl (C=O) groups excluding carboxylic acids is 2. The Labute approximate surface area is 137 Å². The minimum atomic E-state index is 0.0686. The highest BCUT2D eigenvalue weighted by molar-refractivity contribution is 9.10. The number of nitrogen functional groups attached to an aromatic ring is 1. The molecule has 1 saturated heterocycles. The van der Waals surface area contributed by atoms with Crippen LogP contribution < -0.4 is 5.73 Å². The van der Waals surface area contributed by atoms with E-state index < -0.39 is 0 Å². The predicted molar refractivity (Wildman–Crippen MR) is 88.1 cm³/mol. The number of piperazine rings is 1. The molecule has 2 amide bonds. The molecule has 1 aliphatic rings. The number of hydrogen-bond acceptors (Lipinski definition) is 4. The average molecular weight is 372 g/mol. The van der Waals surface area contributed by atoms with Crippen LogP contribution in [-0.2, 0) is 9.59 Å². The van der Waals surface area contributed by atoms with Crippen molar-refractivity contribution in [3.05, 3.63) is 22.7 Å². The molecule has 0 aliphatic carbocycles. The fourth-order valence-electron chi connectivity index (χ4n) is 2.15. The minimum Gasteiger partial charge on any atom is -0.398 e. The second-order valence-electron chi connectivity index (χ2n) is 4.86. The molecule has 1 fully saturated rings. The number of thioether (sulfide) groups is 1. The van der Waals surface area contributed by atoms with Crippen molar-refractivity contribution in [1.82, 2.24) is 9.80 Å². The van der Waals surface area contributed by atoms with E-state index in [0.29, 0.717) is 37.6 Å². The summed E-state index contributed by atoms with van der Waals surface area (Å²) in [4.78, 5) is 27.9. The maximum Gasteiger partial charge on any atom is 0.233 e. The standard InChI is InChI=1S/C14H18BrN3O2S/c1-10(19)17-4-6-18(7-5-17)14(20)9-21-13-3-2-11(15)8-12(13)16/h2-3,8H,4-7,9,16H2,1H3. The highest BCUT2D eigenvalue weighted by Crippen LogP contribution is 2.28. The zero-order valence-electron chi connectivity index (χ0n) is 11.8. The number of hydrogen-bond donors (Lipinski definition) is 1. The first-order chi connectivity index (χ1) is 9.97. The predicted octanol–water partition coefficient (Wildman–Crippen LogP) is 1.81. The Balaban J connectivity index is 1.84. The van der Waals surface area contributed by atoms with Crippen LogP contribution in [0.5, 0.6) is 0 Å². The Morgan fingerprint density at radius 2 is 1.86 bits per heavy atom. The van der Waals surface area contributed by atoms with Crippen LogP contribution in [0.4, 0.5) is 5.69 Å². The van der Waals surface area contributed by atoms with Gasteiger partial charge in [-0.25, -0.2) is 0 Å². The van der Waals surface area contributed by atoms with Crippen molar-refractivity contribution in [3.63, 3.8) is 0 Å².